The molecule has 6 nitrogen and oxygen atoms in total. The Morgan fingerprint density at radius 1 is 1.12 bits per heavy atom. The Kier molecular flexibility index (Phi) is 6.04. The molecule has 1 fully saturated rings. The Bertz CT molecular complexity index is 242. The minimum absolute atomic E-state index is 0.233. The van der Waals surface area contributed by atoms with Crippen molar-refractivity contribution in [2.75, 3.05) is 13.2 Å². The molecule has 0 saturated carbocycles. The van der Waals surface area contributed by atoms with Crippen LogP contribution in [0, 0.1) is 0 Å². The van der Waals surface area contributed by atoms with E-state index in [0.29, 0.717) is 0 Å². The minimum Gasteiger partial charge on any atom is -0.394 e. The molecule has 0 unspecified atom stereocenters. The van der Waals surface area contributed by atoms with Crippen LogP contribution in [-0.2, 0) is 9.47 Å². The zero-order valence-electron chi connectivity index (χ0n) is 9.77. The van der Waals surface area contributed by atoms with Gasteiger partial charge in [0.1, 0.15) is 24.4 Å². The first-order valence-corrected chi connectivity index (χ1v) is 5.69. The Balaban J connectivity index is 2.50. The zero-order valence-corrected chi connectivity index (χ0v) is 9.77. The molecular weight excluding hydrogens is 228 g/mol. The molecule has 0 spiro atoms. The van der Waals surface area contributed by atoms with Crippen molar-refractivity contribution >= 4 is 0 Å². The van der Waals surface area contributed by atoms with Gasteiger partial charge >= 0.3 is 0 Å². The topological polar surface area (TPSA) is 99.4 Å². The predicted molar refractivity (Wildman–Crippen MR) is 59.2 cm³/mol. The maximum Gasteiger partial charge on any atom is 0.187 e. The summed E-state index contributed by atoms with van der Waals surface area (Å²) in [5, 5.41) is 37.6. The fourth-order valence-corrected chi connectivity index (χ4v) is 1.59. The molecule has 4 N–H and O–H groups in total. The van der Waals surface area contributed by atoms with Gasteiger partial charge in [-0.1, -0.05) is 19.1 Å². The summed E-state index contributed by atoms with van der Waals surface area (Å²) in [5.41, 5.74) is 0. The first-order valence-electron chi connectivity index (χ1n) is 5.69. The van der Waals surface area contributed by atoms with Gasteiger partial charge < -0.3 is 29.9 Å². The highest BCUT2D eigenvalue weighted by atomic mass is 16.7. The fourth-order valence-electron chi connectivity index (χ4n) is 1.59. The minimum atomic E-state index is -1.39. The highest BCUT2D eigenvalue weighted by Gasteiger charge is 2.43. The van der Waals surface area contributed by atoms with Crippen molar-refractivity contribution in [1.82, 2.24) is 0 Å². The first-order chi connectivity index (χ1) is 8.11. The quantitative estimate of drug-likeness (QED) is 0.455. The van der Waals surface area contributed by atoms with Gasteiger partial charge in [-0.25, -0.2) is 0 Å². The van der Waals surface area contributed by atoms with Crippen LogP contribution in [0.2, 0.25) is 0 Å². The lowest BCUT2D eigenvalue weighted by molar-refractivity contribution is -0.298. The molecule has 1 aliphatic heterocycles. The fraction of sp³-hybridized carbons (Fsp3) is 0.818. The molecule has 0 aromatic heterocycles. The third-order valence-corrected chi connectivity index (χ3v) is 2.61. The van der Waals surface area contributed by atoms with E-state index in [1.807, 2.05) is 13.0 Å². The van der Waals surface area contributed by atoms with Gasteiger partial charge in [-0.05, 0) is 6.42 Å². The van der Waals surface area contributed by atoms with Crippen LogP contribution >= 0.6 is 0 Å². The highest BCUT2D eigenvalue weighted by Crippen LogP contribution is 2.21. The summed E-state index contributed by atoms with van der Waals surface area (Å²) in [6, 6.07) is 0. The summed E-state index contributed by atoms with van der Waals surface area (Å²) in [5.74, 6) is 0. The molecule has 1 rings (SSSR count). The smallest absolute Gasteiger partial charge is 0.187 e. The van der Waals surface area contributed by atoms with Crippen LogP contribution in [-0.4, -0.2) is 64.3 Å². The average molecular weight is 248 g/mol. The van der Waals surface area contributed by atoms with Crippen LogP contribution in [0.5, 0.6) is 0 Å². The second kappa shape index (κ2) is 7.05. The van der Waals surface area contributed by atoms with Gasteiger partial charge in [0, 0.05) is 0 Å². The van der Waals surface area contributed by atoms with E-state index in [9.17, 15) is 15.3 Å². The standard InChI is InChI=1S/C11H20O6/c1-2-3-4-5-16-11-10(15)9(14)8(13)7(6-12)17-11/h3-4,7-15H,2,5-6H2,1H3/b4-3-/t7-,8-,9+,10-,11+/m1/s1. The maximum atomic E-state index is 9.61. The monoisotopic (exact) mass is 248 g/mol. The Morgan fingerprint density at radius 3 is 2.41 bits per heavy atom. The second-order valence-corrected chi connectivity index (χ2v) is 3.91. The number of rotatable bonds is 5. The van der Waals surface area contributed by atoms with Crippen molar-refractivity contribution in [1.29, 1.82) is 0 Å². The van der Waals surface area contributed by atoms with Crippen LogP contribution in [0.4, 0.5) is 0 Å². The van der Waals surface area contributed by atoms with Gasteiger partial charge in [0.05, 0.1) is 13.2 Å². The Labute approximate surface area is 100 Å². The molecule has 1 heterocycles. The number of hydrogen-bond acceptors (Lipinski definition) is 6. The van der Waals surface area contributed by atoms with Gasteiger partial charge in [-0.15, -0.1) is 0 Å². The van der Waals surface area contributed by atoms with Crippen molar-refractivity contribution in [3.8, 4) is 0 Å². The van der Waals surface area contributed by atoms with Gasteiger partial charge in [-0.2, -0.15) is 0 Å². The van der Waals surface area contributed by atoms with E-state index in [2.05, 4.69) is 0 Å². The summed E-state index contributed by atoms with van der Waals surface area (Å²) in [4.78, 5) is 0. The maximum absolute atomic E-state index is 9.61. The molecular formula is C11H20O6. The molecule has 0 aliphatic carbocycles. The van der Waals surface area contributed by atoms with Crippen molar-refractivity contribution in [3.63, 3.8) is 0 Å². The summed E-state index contributed by atoms with van der Waals surface area (Å²) < 4.78 is 10.4. The van der Waals surface area contributed by atoms with Crippen LogP contribution in [0.1, 0.15) is 13.3 Å². The van der Waals surface area contributed by atoms with E-state index in [1.54, 1.807) is 6.08 Å². The van der Waals surface area contributed by atoms with E-state index in [-0.39, 0.29) is 6.61 Å². The molecule has 0 radical (unpaired) electrons. The van der Waals surface area contributed by atoms with E-state index < -0.39 is 37.3 Å². The zero-order chi connectivity index (χ0) is 12.8. The number of allylic oxidation sites excluding steroid dienone is 1. The van der Waals surface area contributed by atoms with Crippen molar-refractivity contribution in [2.45, 2.75) is 44.1 Å². The summed E-state index contributed by atoms with van der Waals surface area (Å²) in [6.45, 7) is 1.76. The molecule has 17 heavy (non-hydrogen) atoms. The van der Waals surface area contributed by atoms with E-state index in [4.69, 9.17) is 14.6 Å². The second-order valence-electron chi connectivity index (χ2n) is 3.91. The summed E-state index contributed by atoms with van der Waals surface area (Å²) in [6.07, 6.45) is -1.51. The largest absolute Gasteiger partial charge is 0.394 e. The van der Waals surface area contributed by atoms with Crippen LogP contribution in [0.3, 0.4) is 0 Å². The molecule has 1 saturated heterocycles. The number of aliphatic hydroxyl groups excluding tert-OH is 4. The van der Waals surface area contributed by atoms with Crippen LogP contribution in [0.25, 0.3) is 0 Å². The molecule has 0 aromatic carbocycles. The molecule has 0 amide bonds. The molecule has 1 aliphatic rings. The number of hydrogen-bond donors (Lipinski definition) is 4. The van der Waals surface area contributed by atoms with Gasteiger partial charge in [0.15, 0.2) is 6.29 Å². The Morgan fingerprint density at radius 2 is 1.82 bits per heavy atom. The Hall–Kier alpha value is -0.500. The van der Waals surface area contributed by atoms with Gasteiger partial charge in [0.25, 0.3) is 0 Å². The number of ether oxygens (including phenoxy) is 2. The van der Waals surface area contributed by atoms with E-state index >= 15 is 0 Å². The summed E-state index contributed by atoms with van der Waals surface area (Å²) >= 11 is 0. The lowest BCUT2D eigenvalue weighted by Gasteiger charge is -2.39. The van der Waals surface area contributed by atoms with Crippen molar-refractivity contribution in [2.24, 2.45) is 0 Å². The van der Waals surface area contributed by atoms with E-state index in [1.165, 1.54) is 0 Å². The molecule has 0 aromatic rings. The van der Waals surface area contributed by atoms with Gasteiger partial charge in [-0.3, -0.25) is 0 Å². The third kappa shape index (κ3) is 3.74. The average Bonchev–Trinajstić information content (AvgIpc) is 2.34. The van der Waals surface area contributed by atoms with E-state index in [0.717, 1.165) is 6.42 Å². The first kappa shape index (κ1) is 14.6. The van der Waals surface area contributed by atoms with Crippen LogP contribution < -0.4 is 0 Å². The van der Waals surface area contributed by atoms with Gasteiger partial charge in [0.2, 0.25) is 0 Å². The third-order valence-electron chi connectivity index (χ3n) is 2.61. The molecule has 0 bridgehead atoms. The predicted octanol–water partition coefficient (Wildman–Crippen LogP) is -1.23. The normalized spacial score (nSPS) is 38.8. The lowest BCUT2D eigenvalue weighted by atomic mass is 9.99. The van der Waals surface area contributed by atoms with Crippen molar-refractivity contribution < 1.29 is 29.9 Å². The summed E-state index contributed by atoms with van der Waals surface area (Å²) in [7, 11) is 0. The molecule has 5 atom stereocenters. The molecule has 6 heteroatoms. The SMILES string of the molecule is CC/C=C\CO[C@H]1O[C@H](CO)[C@@H](O)[C@H](O)[C@H]1O. The number of aliphatic hydroxyl groups is 4. The molecule has 100 valence electrons. The van der Waals surface area contributed by atoms with Crippen LogP contribution in [0.15, 0.2) is 12.2 Å². The lowest BCUT2D eigenvalue weighted by Crippen LogP contribution is -2.59. The van der Waals surface area contributed by atoms with Crippen molar-refractivity contribution in [3.05, 3.63) is 12.2 Å². The highest BCUT2D eigenvalue weighted by molar-refractivity contribution is 4.89.